The Morgan fingerprint density at radius 2 is 1.94 bits per heavy atom. The first-order valence-electron chi connectivity index (χ1n) is 5.46. The molecule has 0 aliphatic carbocycles. The molecule has 0 spiro atoms. The van der Waals surface area contributed by atoms with E-state index in [1.165, 1.54) is 6.07 Å². The van der Waals surface area contributed by atoms with Gasteiger partial charge in [0.15, 0.2) is 17.4 Å². The quantitative estimate of drug-likeness (QED) is 0.780. The monoisotopic (exact) mass is 247 g/mol. The second kappa shape index (κ2) is 5.04. The molecule has 0 saturated carbocycles. The number of aryl methyl sites for hydroxylation is 1. The van der Waals surface area contributed by atoms with Gasteiger partial charge in [-0.2, -0.15) is 0 Å². The third kappa shape index (κ3) is 2.77. The SMILES string of the molecule is Cc1ccnc(C(=O)Cc2ccc(F)c(F)c2)c1. The van der Waals surface area contributed by atoms with Crippen molar-refractivity contribution < 1.29 is 13.6 Å². The molecule has 2 nitrogen and oxygen atoms in total. The second-order valence-electron chi connectivity index (χ2n) is 4.07. The lowest BCUT2D eigenvalue weighted by molar-refractivity contribution is 0.0988. The summed E-state index contributed by atoms with van der Waals surface area (Å²) in [6.45, 7) is 1.86. The van der Waals surface area contributed by atoms with Crippen molar-refractivity contribution in [2.24, 2.45) is 0 Å². The number of halogens is 2. The molecular formula is C14H11F2NO. The van der Waals surface area contributed by atoms with E-state index in [1.54, 1.807) is 18.3 Å². The predicted molar refractivity (Wildman–Crippen MR) is 63.4 cm³/mol. The topological polar surface area (TPSA) is 30.0 Å². The predicted octanol–water partition coefficient (Wildman–Crippen LogP) is 3.09. The van der Waals surface area contributed by atoms with Crippen molar-refractivity contribution in [3.63, 3.8) is 0 Å². The molecule has 0 amide bonds. The van der Waals surface area contributed by atoms with E-state index in [1.807, 2.05) is 6.92 Å². The molecule has 1 heterocycles. The second-order valence-corrected chi connectivity index (χ2v) is 4.07. The smallest absolute Gasteiger partial charge is 0.185 e. The van der Waals surface area contributed by atoms with Crippen LogP contribution in [-0.2, 0) is 6.42 Å². The Hall–Kier alpha value is -2.10. The zero-order valence-corrected chi connectivity index (χ0v) is 9.78. The van der Waals surface area contributed by atoms with Gasteiger partial charge in [0.1, 0.15) is 5.69 Å². The number of ketones is 1. The summed E-state index contributed by atoms with van der Waals surface area (Å²) in [7, 11) is 0. The Labute approximate surface area is 103 Å². The summed E-state index contributed by atoms with van der Waals surface area (Å²) in [6.07, 6.45) is 1.56. The van der Waals surface area contributed by atoms with Crippen molar-refractivity contribution in [3.8, 4) is 0 Å². The van der Waals surface area contributed by atoms with Crippen molar-refractivity contribution in [3.05, 3.63) is 65.0 Å². The number of rotatable bonds is 3. The van der Waals surface area contributed by atoms with E-state index in [0.717, 1.165) is 17.7 Å². The minimum Gasteiger partial charge on any atom is -0.292 e. The fraction of sp³-hybridized carbons (Fsp3) is 0.143. The van der Waals surface area contributed by atoms with Crippen LogP contribution in [0.4, 0.5) is 8.78 Å². The molecule has 0 aliphatic heterocycles. The largest absolute Gasteiger partial charge is 0.292 e. The maximum absolute atomic E-state index is 13.0. The van der Waals surface area contributed by atoms with Gasteiger partial charge in [0.25, 0.3) is 0 Å². The van der Waals surface area contributed by atoms with Gasteiger partial charge in [-0.05, 0) is 42.3 Å². The summed E-state index contributed by atoms with van der Waals surface area (Å²) < 4.78 is 25.7. The van der Waals surface area contributed by atoms with E-state index in [0.29, 0.717) is 11.3 Å². The Kier molecular flexibility index (Phi) is 3.46. The highest BCUT2D eigenvalue weighted by Crippen LogP contribution is 2.11. The molecule has 0 aliphatic rings. The first-order chi connectivity index (χ1) is 8.56. The van der Waals surface area contributed by atoms with Crippen LogP contribution in [0.5, 0.6) is 0 Å². The van der Waals surface area contributed by atoms with Crippen LogP contribution < -0.4 is 0 Å². The summed E-state index contributed by atoms with van der Waals surface area (Å²) in [4.78, 5) is 15.8. The van der Waals surface area contributed by atoms with Crippen molar-refractivity contribution in [1.29, 1.82) is 0 Å². The van der Waals surface area contributed by atoms with Crippen molar-refractivity contribution in [1.82, 2.24) is 4.98 Å². The minimum absolute atomic E-state index is 0.00759. The molecular weight excluding hydrogens is 236 g/mol. The zero-order chi connectivity index (χ0) is 13.1. The van der Waals surface area contributed by atoms with Gasteiger partial charge in [-0.1, -0.05) is 6.07 Å². The molecule has 1 aromatic heterocycles. The number of hydrogen-bond acceptors (Lipinski definition) is 2. The Balaban J connectivity index is 2.18. The number of aromatic nitrogens is 1. The highest BCUT2D eigenvalue weighted by atomic mass is 19.2. The Morgan fingerprint density at radius 1 is 1.17 bits per heavy atom. The van der Waals surface area contributed by atoms with Crippen LogP contribution in [0.15, 0.2) is 36.5 Å². The normalized spacial score (nSPS) is 10.4. The summed E-state index contributed by atoms with van der Waals surface area (Å²) in [5.74, 6) is -2.08. The third-order valence-corrected chi connectivity index (χ3v) is 2.55. The lowest BCUT2D eigenvalue weighted by atomic mass is 10.1. The number of benzene rings is 1. The lowest BCUT2D eigenvalue weighted by Crippen LogP contribution is -2.06. The van der Waals surface area contributed by atoms with Crippen LogP contribution >= 0.6 is 0 Å². The first-order valence-corrected chi connectivity index (χ1v) is 5.46. The van der Waals surface area contributed by atoms with Gasteiger partial charge in [-0.3, -0.25) is 9.78 Å². The molecule has 0 atom stereocenters. The fourth-order valence-electron chi connectivity index (χ4n) is 1.61. The molecule has 2 rings (SSSR count). The third-order valence-electron chi connectivity index (χ3n) is 2.55. The fourth-order valence-corrected chi connectivity index (χ4v) is 1.61. The molecule has 0 fully saturated rings. The van der Waals surface area contributed by atoms with E-state index < -0.39 is 11.6 Å². The Bertz CT molecular complexity index is 596. The summed E-state index contributed by atoms with van der Waals surface area (Å²) in [6, 6.07) is 6.90. The van der Waals surface area contributed by atoms with E-state index in [4.69, 9.17) is 0 Å². The van der Waals surface area contributed by atoms with Crippen LogP contribution in [0, 0.1) is 18.6 Å². The van der Waals surface area contributed by atoms with Gasteiger partial charge < -0.3 is 0 Å². The average molecular weight is 247 g/mol. The number of carbonyl (C=O) groups is 1. The van der Waals surface area contributed by atoms with Gasteiger partial charge in [0.05, 0.1) is 0 Å². The molecule has 1 aromatic carbocycles. The molecule has 0 N–H and O–H groups in total. The van der Waals surface area contributed by atoms with Crippen LogP contribution in [0.25, 0.3) is 0 Å². The standard InChI is InChI=1S/C14H11F2NO/c1-9-4-5-17-13(6-9)14(18)8-10-2-3-11(15)12(16)7-10/h2-7H,8H2,1H3. The molecule has 0 radical (unpaired) electrons. The molecule has 4 heteroatoms. The summed E-state index contributed by atoms with van der Waals surface area (Å²) >= 11 is 0. The van der Waals surface area contributed by atoms with Crippen molar-refractivity contribution >= 4 is 5.78 Å². The maximum Gasteiger partial charge on any atom is 0.185 e. The molecule has 0 bridgehead atoms. The van der Waals surface area contributed by atoms with Crippen LogP contribution in [-0.4, -0.2) is 10.8 Å². The molecule has 2 aromatic rings. The average Bonchev–Trinajstić information content (AvgIpc) is 2.34. The summed E-state index contributed by atoms with van der Waals surface area (Å²) in [5.41, 5.74) is 1.69. The Morgan fingerprint density at radius 3 is 2.61 bits per heavy atom. The number of Topliss-reactive ketones (excluding diaryl/α,β-unsaturated/α-hetero) is 1. The minimum atomic E-state index is -0.947. The first kappa shape index (κ1) is 12.4. The van der Waals surface area contributed by atoms with E-state index in [9.17, 15) is 13.6 Å². The van der Waals surface area contributed by atoms with Gasteiger partial charge in [-0.25, -0.2) is 8.78 Å². The van der Waals surface area contributed by atoms with Gasteiger partial charge >= 0.3 is 0 Å². The van der Waals surface area contributed by atoms with Crippen LogP contribution in [0.1, 0.15) is 21.6 Å². The zero-order valence-electron chi connectivity index (χ0n) is 9.78. The highest BCUT2D eigenvalue weighted by molar-refractivity contribution is 5.95. The number of carbonyl (C=O) groups excluding carboxylic acids is 1. The molecule has 0 unspecified atom stereocenters. The highest BCUT2D eigenvalue weighted by Gasteiger charge is 2.10. The molecule has 92 valence electrons. The van der Waals surface area contributed by atoms with Gasteiger partial charge in [-0.15, -0.1) is 0 Å². The number of hydrogen-bond donors (Lipinski definition) is 0. The van der Waals surface area contributed by atoms with Crippen LogP contribution in [0.3, 0.4) is 0 Å². The van der Waals surface area contributed by atoms with Crippen LogP contribution in [0.2, 0.25) is 0 Å². The summed E-state index contributed by atoms with van der Waals surface area (Å²) in [5, 5.41) is 0. The van der Waals surface area contributed by atoms with E-state index in [2.05, 4.69) is 4.98 Å². The molecule has 0 saturated heterocycles. The number of nitrogens with zero attached hydrogens (tertiary/aromatic N) is 1. The van der Waals surface area contributed by atoms with Gasteiger partial charge in [0.2, 0.25) is 0 Å². The van der Waals surface area contributed by atoms with Crippen molar-refractivity contribution in [2.45, 2.75) is 13.3 Å². The van der Waals surface area contributed by atoms with Gasteiger partial charge in [0, 0.05) is 12.6 Å². The van der Waals surface area contributed by atoms with Crippen molar-refractivity contribution in [2.75, 3.05) is 0 Å². The van der Waals surface area contributed by atoms with E-state index >= 15 is 0 Å². The lowest BCUT2D eigenvalue weighted by Gasteiger charge is -2.02. The molecule has 18 heavy (non-hydrogen) atoms. The maximum atomic E-state index is 13.0. The van der Waals surface area contributed by atoms with E-state index in [-0.39, 0.29) is 12.2 Å². The number of pyridine rings is 1.